The molecule has 2 aliphatic rings. The third-order valence-corrected chi connectivity index (χ3v) is 13.3. The van der Waals surface area contributed by atoms with Crippen LogP contribution in [0, 0.1) is 0 Å². The standard InChI is InChI=1S/C18H12N4O2.C11H7BrN4.C7H7BO4.C6H3BrClN3.C6H4BrN3.C5H6BNO2.CH4/c1-2-16-17(24-11-23-16)7-13(1)15-8-21-18-9-20-14(10-22(15)18)12-3-5-19-6-4-12;12-10-5-15-11-6-14-9(7-16(10)11)8-1-3-13-4-2-8;9-8(10)5-1-2-6-7(3-5)12-4-11-6;7-4-3-11-5(8)1-10-6(11)2-9-4;7-5-4-10-2-1-8-6(10)3-9-5;8-6(9)5-1-3-7-4-2-5;/h1-10H,11H2;1-7H;1-3,9-10H,4H2;1-3H;1-4H;1-4,8-9H;1H4. The fourth-order valence-electron chi connectivity index (χ4n) is 7.61. The topological polar surface area (TPSA) is 277 Å². The first-order valence-corrected chi connectivity index (χ1v) is 26.8. The van der Waals surface area contributed by atoms with E-state index >= 15 is 0 Å². The van der Waals surface area contributed by atoms with Gasteiger partial charge in [-0.15, -0.1) is 0 Å². The zero-order valence-electron chi connectivity index (χ0n) is 42.1. The SMILES string of the molecule is Brc1cn2ccnc2cn1.Brc1cnc2cnc(-c3ccncc3)cn12.C.Clc1cnc2cnc(Br)cn12.OB(O)c1ccc2c(c1)OCO2.OB(O)c1ccncc1.c1cc(-c2cn3c(-c4ccc5c(c4)OCO5)cnc3cn2)ccn1. The van der Waals surface area contributed by atoms with Crippen molar-refractivity contribution >= 4 is 107 Å². The lowest BCUT2D eigenvalue weighted by Gasteiger charge is -2.06. The van der Waals surface area contributed by atoms with Crippen LogP contribution in [0.5, 0.6) is 23.0 Å². The molecule has 15 rings (SSSR count). The maximum Gasteiger partial charge on any atom is 0.488 e. The molecule has 0 aliphatic carbocycles. The first-order chi connectivity index (χ1) is 39.9. The van der Waals surface area contributed by atoms with Crippen molar-refractivity contribution < 1.29 is 39.0 Å². The molecule has 0 amide bonds. The van der Waals surface area contributed by atoms with E-state index in [2.05, 4.69) is 103 Å². The number of fused-ring (bicyclic) bond motifs is 6. The summed E-state index contributed by atoms with van der Waals surface area (Å²) in [5.41, 5.74) is 9.89. The van der Waals surface area contributed by atoms with Crippen LogP contribution in [0.4, 0.5) is 0 Å². The van der Waals surface area contributed by atoms with Crippen LogP contribution < -0.4 is 29.9 Å². The van der Waals surface area contributed by atoms with Gasteiger partial charge < -0.3 is 43.4 Å². The number of hydrogen-bond acceptors (Lipinski definition) is 19. The molecule has 2 aliphatic heterocycles. The molecule has 13 aromatic rings. The predicted molar refractivity (Wildman–Crippen MR) is 321 cm³/mol. The molecule has 0 bridgehead atoms. The Morgan fingerprint density at radius 2 is 0.940 bits per heavy atom. The number of aromatic nitrogens is 15. The van der Waals surface area contributed by atoms with Gasteiger partial charge in [0.25, 0.3) is 0 Å². The first kappa shape index (κ1) is 58.9. The highest BCUT2D eigenvalue weighted by Gasteiger charge is 2.19. The summed E-state index contributed by atoms with van der Waals surface area (Å²) in [7, 11) is -2.84. The molecule has 4 N–H and O–H groups in total. The molecule has 13 heterocycles. The van der Waals surface area contributed by atoms with Crippen molar-refractivity contribution in [2.24, 2.45) is 0 Å². The molecule has 11 aromatic heterocycles. The van der Waals surface area contributed by atoms with E-state index in [9.17, 15) is 0 Å². The molecule has 0 spiro atoms. The second-order valence-electron chi connectivity index (χ2n) is 16.8. The van der Waals surface area contributed by atoms with Gasteiger partial charge in [0, 0.05) is 91.1 Å². The number of imidazole rings is 4. The van der Waals surface area contributed by atoms with Gasteiger partial charge in [0.15, 0.2) is 45.6 Å². The summed E-state index contributed by atoms with van der Waals surface area (Å²) in [5, 5.41) is 35.3. The minimum Gasteiger partial charge on any atom is -0.454 e. The summed E-state index contributed by atoms with van der Waals surface area (Å²) in [6.07, 6.45) is 33.3. The molecule has 0 unspecified atom stereocenters. The van der Waals surface area contributed by atoms with Gasteiger partial charge in [-0.2, -0.15) is 0 Å². The molecular formula is C54H43B2Br3ClN15O8. The molecule has 23 nitrogen and oxygen atoms in total. The Balaban J connectivity index is 0.000000124. The van der Waals surface area contributed by atoms with Crippen LogP contribution in [0.15, 0.2) is 204 Å². The Labute approximate surface area is 502 Å². The van der Waals surface area contributed by atoms with Gasteiger partial charge in [-0.1, -0.05) is 25.1 Å². The number of pyridine rings is 3. The summed E-state index contributed by atoms with van der Waals surface area (Å²) in [6, 6.07) is 21.5. The lowest BCUT2D eigenvalue weighted by molar-refractivity contribution is 0.173. The minimum absolute atomic E-state index is 0. The lowest BCUT2D eigenvalue weighted by atomic mass is 9.80. The monoisotopic (exact) mass is 1320 g/mol. The molecule has 2 aromatic carbocycles. The van der Waals surface area contributed by atoms with E-state index in [0.717, 1.165) is 81.7 Å². The highest BCUT2D eigenvalue weighted by molar-refractivity contribution is 9.11. The fraction of sp³-hybridized carbons (Fsp3) is 0.0556. The summed E-state index contributed by atoms with van der Waals surface area (Å²) in [5.74, 6) is 2.72. The summed E-state index contributed by atoms with van der Waals surface area (Å²) in [6.45, 7) is 0.461. The van der Waals surface area contributed by atoms with Gasteiger partial charge in [0.2, 0.25) is 13.6 Å². The van der Waals surface area contributed by atoms with E-state index in [-0.39, 0.29) is 21.0 Å². The third kappa shape index (κ3) is 14.9. The summed E-state index contributed by atoms with van der Waals surface area (Å²) in [4.78, 5) is 45.3. The molecule has 0 saturated carbocycles. The molecule has 416 valence electrons. The normalized spacial score (nSPS) is 11.3. The van der Waals surface area contributed by atoms with Crippen molar-refractivity contribution in [2.75, 3.05) is 13.6 Å². The number of hydrogen-bond donors (Lipinski definition) is 4. The predicted octanol–water partition coefficient (Wildman–Crippen LogP) is 7.87. The van der Waals surface area contributed by atoms with Crippen LogP contribution >= 0.6 is 59.4 Å². The zero-order chi connectivity index (χ0) is 57.0. The Morgan fingerprint density at radius 1 is 0.434 bits per heavy atom. The van der Waals surface area contributed by atoms with Gasteiger partial charge in [-0.3, -0.25) is 38.1 Å². The molecule has 29 heteroatoms. The molecular weight excluding hydrogens is 1280 g/mol. The van der Waals surface area contributed by atoms with Crippen LogP contribution in [-0.4, -0.2) is 120 Å². The van der Waals surface area contributed by atoms with Crippen molar-refractivity contribution in [1.29, 1.82) is 0 Å². The highest BCUT2D eigenvalue weighted by atomic mass is 79.9. The first-order valence-electron chi connectivity index (χ1n) is 24.1. The van der Waals surface area contributed by atoms with E-state index in [1.165, 1.54) is 12.4 Å². The fourth-order valence-corrected chi connectivity index (χ4v) is 8.81. The molecule has 0 saturated heterocycles. The smallest absolute Gasteiger partial charge is 0.454 e. The van der Waals surface area contributed by atoms with E-state index in [4.69, 9.17) is 50.6 Å². The maximum absolute atomic E-state index is 8.81. The Hall–Kier alpha value is -8.73. The molecule has 83 heavy (non-hydrogen) atoms. The van der Waals surface area contributed by atoms with Crippen molar-refractivity contribution in [1.82, 2.24) is 72.4 Å². The number of rotatable bonds is 5. The van der Waals surface area contributed by atoms with E-state index in [1.807, 2.05) is 86.7 Å². The van der Waals surface area contributed by atoms with Gasteiger partial charge in [0.05, 0.1) is 60.5 Å². The van der Waals surface area contributed by atoms with Crippen molar-refractivity contribution in [3.8, 4) is 56.8 Å². The molecule has 0 fully saturated rings. The quantitative estimate of drug-likeness (QED) is 0.119. The van der Waals surface area contributed by atoms with E-state index < -0.39 is 14.2 Å². The number of nitrogens with zero attached hydrogens (tertiary/aromatic N) is 15. The summed E-state index contributed by atoms with van der Waals surface area (Å²) >= 11 is 15.7. The van der Waals surface area contributed by atoms with Crippen molar-refractivity contribution in [3.05, 3.63) is 209 Å². The number of ether oxygens (including phenoxy) is 4. The molecule has 0 radical (unpaired) electrons. The van der Waals surface area contributed by atoms with Crippen LogP contribution in [0.25, 0.3) is 56.4 Å². The van der Waals surface area contributed by atoms with Gasteiger partial charge in [-0.25, -0.2) is 29.9 Å². The van der Waals surface area contributed by atoms with Crippen molar-refractivity contribution in [3.63, 3.8) is 0 Å². The molecule has 0 atom stereocenters. The second kappa shape index (κ2) is 27.8. The zero-order valence-corrected chi connectivity index (χ0v) is 47.6. The summed E-state index contributed by atoms with van der Waals surface area (Å²) < 4.78 is 31.0. The number of benzene rings is 2. The van der Waals surface area contributed by atoms with Gasteiger partial charge in [-0.05, 0) is 125 Å². The largest absolute Gasteiger partial charge is 0.488 e. The van der Waals surface area contributed by atoms with Crippen LogP contribution in [0.1, 0.15) is 7.43 Å². The lowest BCUT2D eigenvalue weighted by Crippen LogP contribution is -2.29. The van der Waals surface area contributed by atoms with Gasteiger partial charge in [0.1, 0.15) is 19.0 Å². The number of halogens is 4. The highest BCUT2D eigenvalue weighted by Crippen LogP contribution is 2.36. The van der Waals surface area contributed by atoms with Crippen molar-refractivity contribution in [2.45, 2.75) is 7.43 Å². The second-order valence-corrected chi connectivity index (χ2v) is 19.7. The third-order valence-electron chi connectivity index (χ3n) is 11.6. The van der Waals surface area contributed by atoms with E-state index in [1.54, 1.807) is 109 Å². The minimum atomic E-state index is -1.46. The Morgan fingerprint density at radius 3 is 1.57 bits per heavy atom. The maximum atomic E-state index is 8.81. The van der Waals surface area contributed by atoms with E-state index in [0.29, 0.717) is 27.6 Å². The van der Waals surface area contributed by atoms with Gasteiger partial charge >= 0.3 is 14.2 Å². The average Bonchev–Trinajstić information content (AvgIpc) is 4.50. The van der Waals surface area contributed by atoms with Crippen LogP contribution in [0.3, 0.4) is 0 Å². The Kier molecular flexibility index (Phi) is 19.8. The van der Waals surface area contributed by atoms with Crippen LogP contribution in [0.2, 0.25) is 5.15 Å². The van der Waals surface area contributed by atoms with Crippen LogP contribution in [-0.2, 0) is 0 Å². The average molecular weight is 1330 g/mol. The Bertz CT molecular complexity index is 4250.